The van der Waals surface area contributed by atoms with Crippen LogP contribution in [0, 0.1) is 5.41 Å². The zero-order valence-electron chi connectivity index (χ0n) is 19.3. The Hall–Kier alpha value is -3.83. The summed E-state index contributed by atoms with van der Waals surface area (Å²) in [5.41, 5.74) is 6.65. The third-order valence-corrected chi connectivity index (χ3v) is 7.44. The quantitative estimate of drug-likeness (QED) is 0.213. The zero-order valence-corrected chi connectivity index (χ0v) is 20.9. The maximum absolute atomic E-state index is 13.0. The number of carbonyl (C=O) groups excluding carboxylic acids is 3. The molecule has 186 valence electrons. The number of thioether (sulfide) groups is 1. The van der Waals surface area contributed by atoms with Gasteiger partial charge in [-0.05, 0) is 42.5 Å². The van der Waals surface area contributed by atoms with Crippen molar-refractivity contribution in [1.29, 1.82) is 5.41 Å². The molecule has 1 fully saturated rings. The van der Waals surface area contributed by atoms with Gasteiger partial charge in [-0.15, -0.1) is 23.1 Å². The van der Waals surface area contributed by atoms with Gasteiger partial charge in [0.25, 0.3) is 0 Å². The normalized spacial score (nSPS) is 14.8. The Bertz CT molecular complexity index is 1230. The molecule has 0 saturated carbocycles. The van der Waals surface area contributed by atoms with E-state index in [1.54, 1.807) is 35.7 Å². The van der Waals surface area contributed by atoms with Crippen LogP contribution in [0.5, 0.6) is 11.5 Å². The van der Waals surface area contributed by atoms with Gasteiger partial charge in [0.15, 0.2) is 0 Å². The van der Waals surface area contributed by atoms with Crippen molar-refractivity contribution in [2.24, 2.45) is 5.73 Å². The van der Waals surface area contributed by atoms with Crippen molar-refractivity contribution in [2.45, 2.75) is 12.6 Å². The molecule has 36 heavy (non-hydrogen) atoms. The summed E-state index contributed by atoms with van der Waals surface area (Å²) in [5.74, 6) is 1.57. The standard InChI is InChI=1S/C25H25N5O4S2/c26-24(27)17-10-21(36-13-17)11-28-25(33)22-14-35-16-30(22)23(32)12-29(15-31)18-6-8-20(9-7-18)34-19-4-2-1-3-5-19/h1-10,13,15,22H,11-12,14,16H2,(H3,26,27)(H,28,33)/t22-/m0/s1. The van der Waals surface area contributed by atoms with E-state index < -0.39 is 6.04 Å². The van der Waals surface area contributed by atoms with E-state index >= 15 is 0 Å². The molecule has 3 amide bonds. The van der Waals surface area contributed by atoms with Crippen LogP contribution in [0.1, 0.15) is 10.4 Å². The van der Waals surface area contributed by atoms with Crippen molar-refractivity contribution < 1.29 is 19.1 Å². The average Bonchev–Trinajstić information content (AvgIpc) is 3.57. The fraction of sp³-hybridized carbons (Fsp3) is 0.200. The van der Waals surface area contributed by atoms with E-state index in [0.717, 1.165) is 4.88 Å². The number of nitrogens with two attached hydrogens (primary N) is 1. The molecule has 3 aromatic rings. The summed E-state index contributed by atoms with van der Waals surface area (Å²) in [6.07, 6.45) is 0.604. The highest BCUT2D eigenvalue weighted by Gasteiger charge is 2.35. The van der Waals surface area contributed by atoms with Gasteiger partial charge in [-0.1, -0.05) is 18.2 Å². The highest BCUT2D eigenvalue weighted by Crippen LogP contribution is 2.25. The highest BCUT2D eigenvalue weighted by molar-refractivity contribution is 7.99. The third kappa shape index (κ3) is 6.23. The number of thiophene rings is 1. The molecule has 0 bridgehead atoms. The number of anilines is 1. The second-order valence-corrected chi connectivity index (χ2v) is 9.95. The molecule has 1 aromatic heterocycles. The van der Waals surface area contributed by atoms with Crippen molar-refractivity contribution >= 4 is 52.8 Å². The van der Waals surface area contributed by atoms with Gasteiger partial charge in [0.1, 0.15) is 29.9 Å². The van der Waals surface area contributed by atoms with Crippen LogP contribution in [0.25, 0.3) is 0 Å². The molecule has 1 atom stereocenters. The van der Waals surface area contributed by atoms with E-state index in [2.05, 4.69) is 5.32 Å². The molecule has 4 rings (SSSR count). The maximum atomic E-state index is 13.0. The molecule has 11 heteroatoms. The first-order valence-corrected chi connectivity index (χ1v) is 13.1. The Morgan fingerprint density at radius 3 is 2.56 bits per heavy atom. The second kappa shape index (κ2) is 11.7. The number of rotatable bonds is 10. The summed E-state index contributed by atoms with van der Waals surface area (Å²) in [6, 6.07) is 17.3. The molecule has 0 radical (unpaired) electrons. The van der Waals surface area contributed by atoms with Gasteiger partial charge in [-0.25, -0.2) is 0 Å². The van der Waals surface area contributed by atoms with Gasteiger partial charge < -0.3 is 25.6 Å². The van der Waals surface area contributed by atoms with Crippen molar-refractivity contribution in [2.75, 3.05) is 23.1 Å². The van der Waals surface area contributed by atoms with Crippen molar-refractivity contribution in [3.05, 3.63) is 76.5 Å². The van der Waals surface area contributed by atoms with E-state index in [1.165, 1.54) is 32.9 Å². The van der Waals surface area contributed by atoms with Crippen LogP contribution < -0.4 is 20.7 Å². The fourth-order valence-electron chi connectivity index (χ4n) is 3.57. The van der Waals surface area contributed by atoms with E-state index in [4.69, 9.17) is 15.9 Å². The predicted octanol–water partition coefficient (Wildman–Crippen LogP) is 3.01. The smallest absolute Gasteiger partial charge is 0.244 e. The summed E-state index contributed by atoms with van der Waals surface area (Å²) in [4.78, 5) is 41.3. The predicted molar refractivity (Wildman–Crippen MR) is 142 cm³/mol. The number of para-hydroxylation sites is 1. The van der Waals surface area contributed by atoms with Gasteiger partial charge >= 0.3 is 0 Å². The summed E-state index contributed by atoms with van der Waals surface area (Å²) in [6.45, 7) is 0.109. The van der Waals surface area contributed by atoms with E-state index in [-0.39, 0.29) is 30.7 Å². The first-order valence-electron chi connectivity index (χ1n) is 11.1. The van der Waals surface area contributed by atoms with Crippen molar-refractivity contribution in [3.8, 4) is 11.5 Å². The lowest BCUT2D eigenvalue weighted by atomic mass is 10.2. The third-order valence-electron chi connectivity index (χ3n) is 5.49. The number of hydrogen-bond donors (Lipinski definition) is 3. The Balaban J connectivity index is 1.34. The monoisotopic (exact) mass is 523 g/mol. The number of nitrogen functional groups attached to an aromatic ring is 1. The molecule has 1 saturated heterocycles. The molecule has 0 unspecified atom stereocenters. The molecule has 4 N–H and O–H groups in total. The number of benzene rings is 2. The van der Waals surface area contributed by atoms with Crippen LogP contribution in [-0.2, 0) is 20.9 Å². The molecule has 2 aromatic carbocycles. The maximum Gasteiger partial charge on any atom is 0.244 e. The Kier molecular flexibility index (Phi) is 8.24. The lowest BCUT2D eigenvalue weighted by molar-refractivity contribution is -0.137. The topological polar surface area (TPSA) is 129 Å². The van der Waals surface area contributed by atoms with Crippen LogP contribution in [0.3, 0.4) is 0 Å². The Morgan fingerprint density at radius 1 is 1.17 bits per heavy atom. The number of amidine groups is 1. The molecule has 1 aliphatic rings. The number of hydrogen-bond acceptors (Lipinski definition) is 7. The minimum atomic E-state index is -0.620. The largest absolute Gasteiger partial charge is 0.457 e. The number of nitrogens with one attached hydrogen (secondary N) is 2. The van der Waals surface area contributed by atoms with Gasteiger partial charge in [0.05, 0.1) is 12.4 Å². The fourth-order valence-corrected chi connectivity index (χ4v) is 5.57. The van der Waals surface area contributed by atoms with Crippen LogP contribution in [0.2, 0.25) is 0 Å². The van der Waals surface area contributed by atoms with Gasteiger partial charge in [0, 0.05) is 27.3 Å². The van der Waals surface area contributed by atoms with Gasteiger partial charge in [-0.2, -0.15) is 0 Å². The average molecular weight is 524 g/mol. The molecular formula is C25H25N5O4S2. The molecule has 0 aliphatic carbocycles. The zero-order chi connectivity index (χ0) is 25.5. The second-order valence-electron chi connectivity index (χ2n) is 7.95. The summed E-state index contributed by atoms with van der Waals surface area (Å²) < 4.78 is 5.77. The number of amides is 3. The van der Waals surface area contributed by atoms with Crippen molar-refractivity contribution in [3.63, 3.8) is 0 Å². The first kappa shape index (κ1) is 25.3. The number of nitrogens with zero attached hydrogens (tertiary/aromatic N) is 2. The lowest BCUT2D eigenvalue weighted by Crippen LogP contribution is -2.49. The number of carbonyl (C=O) groups is 3. The molecule has 1 aliphatic heterocycles. The van der Waals surface area contributed by atoms with Crippen LogP contribution in [-0.4, -0.2) is 53.2 Å². The minimum absolute atomic E-state index is 0.0223. The minimum Gasteiger partial charge on any atom is -0.457 e. The van der Waals surface area contributed by atoms with Crippen LogP contribution in [0.4, 0.5) is 5.69 Å². The summed E-state index contributed by atoms with van der Waals surface area (Å²) in [7, 11) is 0. The van der Waals surface area contributed by atoms with Gasteiger partial charge in [-0.3, -0.25) is 19.8 Å². The van der Waals surface area contributed by atoms with E-state index in [9.17, 15) is 14.4 Å². The summed E-state index contributed by atoms with van der Waals surface area (Å²) in [5, 5.41) is 12.1. The van der Waals surface area contributed by atoms with Crippen LogP contribution in [0.15, 0.2) is 66.0 Å². The molecule has 0 spiro atoms. The SMILES string of the molecule is N=C(N)c1csc(CNC(=O)[C@@H]2CSCN2C(=O)CN(C=O)c2ccc(Oc3ccccc3)cc2)c1. The molecule has 9 nitrogen and oxygen atoms in total. The Morgan fingerprint density at radius 2 is 1.89 bits per heavy atom. The first-order chi connectivity index (χ1) is 17.4. The highest BCUT2D eigenvalue weighted by atomic mass is 32.2. The van der Waals surface area contributed by atoms with E-state index in [1.807, 2.05) is 30.3 Å². The van der Waals surface area contributed by atoms with E-state index in [0.29, 0.717) is 40.8 Å². The number of ether oxygens (including phenoxy) is 1. The Labute approximate surface area is 216 Å². The molecular weight excluding hydrogens is 498 g/mol. The van der Waals surface area contributed by atoms with Gasteiger partial charge in [0.2, 0.25) is 18.2 Å². The lowest BCUT2D eigenvalue weighted by Gasteiger charge is -2.26. The summed E-state index contributed by atoms with van der Waals surface area (Å²) >= 11 is 2.89. The van der Waals surface area contributed by atoms with Crippen molar-refractivity contribution in [1.82, 2.24) is 10.2 Å². The van der Waals surface area contributed by atoms with Crippen LogP contribution >= 0.6 is 23.1 Å². The molecule has 2 heterocycles.